The van der Waals surface area contributed by atoms with E-state index in [0.29, 0.717) is 30.6 Å². The van der Waals surface area contributed by atoms with E-state index in [1.54, 1.807) is 0 Å². The summed E-state index contributed by atoms with van der Waals surface area (Å²) in [4.78, 5) is 28.5. The first-order chi connectivity index (χ1) is 18.2. The minimum absolute atomic E-state index is 0.00575. The van der Waals surface area contributed by atoms with Crippen LogP contribution >= 0.6 is 0 Å². The second-order valence-electron chi connectivity index (χ2n) is 11.3. The van der Waals surface area contributed by atoms with Gasteiger partial charge in [-0.25, -0.2) is 19.2 Å². The highest BCUT2D eigenvalue weighted by Crippen LogP contribution is 2.42. The number of halogens is 1. The average molecular weight is 531 g/mol. The highest BCUT2D eigenvalue weighted by Gasteiger charge is 2.47. The van der Waals surface area contributed by atoms with E-state index in [9.17, 15) is 9.18 Å². The van der Waals surface area contributed by atoms with Gasteiger partial charge < -0.3 is 24.6 Å². The maximum atomic E-state index is 14.5. The Kier molecular flexibility index (Phi) is 7.56. The summed E-state index contributed by atoms with van der Waals surface area (Å²) in [5.41, 5.74) is 1.06. The molecule has 0 unspecified atom stereocenters. The number of nitrogens with one attached hydrogen (secondary N) is 2. The molecule has 0 bridgehead atoms. The molecule has 2 fully saturated rings. The lowest BCUT2D eigenvalue weighted by Crippen LogP contribution is -2.62. The monoisotopic (exact) mass is 530 g/mol. The number of carbonyl (C=O) groups excluding carboxylic acids is 1. The molecule has 2 N–H and O–H groups in total. The van der Waals surface area contributed by atoms with Crippen molar-refractivity contribution in [3.8, 4) is 0 Å². The number of nitrogens with zero attached hydrogens (tertiary/aromatic N) is 6. The smallest absolute Gasteiger partial charge is 0.321 e. The van der Waals surface area contributed by atoms with E-state index in [0.717, 1.165) is 56.6 Å². The molecule has 0 saturated carbocycles. The van der Waals surface area contributed by atoms with E-state index in [1.165, 1.54) is 7.11 Å². The van der Waals surface area contributed by atoms with Crippen molar-refractivity contribution in [3.63, 3.8) is 0 Å². The molecule has 0 radical (unpaired) electrons. The van der Waals surface area contributed by atoms with Crippen LogP contribution in [0, 0.1) is 11.7 Å². The third-order valence-corrected chi connectivity index (χ3v) is 8.20. The fourth-order valence-electron chi connectivity index (χ4n) is 5.86. The number of urea groups is 1. The zero-order valence-corrected chi connectivity index (χ0v) is 23.0. The van der Waals surface area contributed by atoms with Crippen molar-refractivity contribution in [1.29, 1.82) is 0 Å². The number of carbonyl (C=O) groups is 1. The molecule has 38 heavy (non-hydrogen) atoms. The Balaban J connectivity index is 1.29. The minimum Gasteiger partial charge on any atom is -0.381 e. The van der Waals surface area contributed by atoms with Gasteiger partial charge in [-0.3, -0.25) is 10.00 Å². The van der Waals surface area contributed by atoms with Gasteiger partial charge in [0.25, 0.3) is 0 Å². The Labute approximate surface area is 223 Å². The summed E-state index contributed by atoms with van der Waals surface area (Å²) < 4.78 is 25.1. The van der Waals surface area contributed by atoms with Gasteiger partial charge in [-0.1, -0.05) is 0 Å². The molecular weight excluding hydrogens is 491 g/mol. The number of H-pyrrole nitrogens is 1. The van der Waals surface area contributed by atoms with Crippen molar-refractivity contribution >= 4 is 17.7 Å². The zero-order chi connectivity index (χ0) is 27.0. The molecule has 2 aromatic heterocycles. The summed E-state index contributed by atoms with van der Waals surface area (Å²) in [6.45, 7) is 13.2. The Morgan fingerprint density at radius 2 is 2.00 bits per heavy atom. The lowest BCUT2D eigenvalue weighted by Gasteiger charge is -2.47. The van der Waals surface area contributed by atoms with E-state index in [-0.39, 0.29) is 30.5 Å². The summed E-state index contributed by atoms with van der Waals surface area (Å²) in [5.74, 6) is 0.902. The summed E-state index contributed by atoms with van der Waals surface area (Å²) in [6, 6.07) is 0.381. The molecule has 2 amide bonds. The summed E-state index contributed by atoms with van der Waals surface area (Å²) in [5, 5.41) is 10.5. The molecule has 5 rings (SSSR count). The quantitative estimate of drug-likeness (QED) is 0.586. The number of rotatable bonds is 6. The first-order valence-corrected chi connectivity index (χ1v) is 13.4. The second-order valence-corrected chi connectivity index (χ2v) is 11.3. The number of amides is 2. The van der Waals surface area contributed by atoms with Crippen molar-refractivity contribution in [3.05, 3.63) is 29.1 Å². The average Bonchev–Trinajstić information content (AvgIpc) is 3.41. The first kappa shape index (κ1) is 26.8. The van der Waals surface area contributed by atoms with Crippen molar-refractivity contribution in [2.75, 3.05) is 45.3 Å². The van der Waals surface area contributed by atoms with Crippen LogP contribution in [0.25, 0.3) is 0 Å². The lowest BCUT2D eigenvalue weighted by molar-refractivity contribution is 0.00882. The normalized spacial score (nSPS) is 24.1. The van der Waals surface area contributed by atoms with Gasteiger partial charge in [0.1, 0.15) is 6.61 Å². The number of hydrogen-bond acceptors (Lipinski definition) is 8. The van der Waals surface area contributed by atoms with Crippen LogP contribution in [-0.4, -0.2) is 92.9 Å². The summed E-state index contributed by atoms with van der Waals surface area (Å²) in [7, 11) is 1.53. The number of anilines is 2. The molecule has 2 saturated heterocycles. The predicted molar refractivity (Wildman–Crippen MR) is 139 cm³/mol. The molecule has 12 heteroatoms. The summed E-state index contributed by atoms with van der Waals surface area (Å²) >= 11 is 0. The number of ether oxygens (including phenoxy) is 2. The van der Waals surface area contributed by atoms with Crippen LogP contribution in [-0.2, 0) is 28.2 Å². The molecule has 0 aliphatic carbocycles. The van der Waals surface area contributed by atoms with Crippen molar-refractivity contribution in [2.45, 2.75) is 71.3 Å². The van der Waals surface area contributed by atoms with Crippen LogP contribution < -0.4 is 5.32 Å². The van der Waals surface area contributed by atoms with Crippen molar-refractivity contribution in [2.24, 2.45) is 5.92 Å². The van der Waals surface area contributed by atoms with Gasteiger partial charge in [-0.15, -0.1) is 0 Å². The van der Waals surface area contributed by atoms with Gasteiger partial charge in [0.05, 0.1) is 24.0 Å². The van der Waals surface area contributed by atoms with Gasteiger partial charge in [-0.05, 0) is 46.5 Å². The molecule has 208 valence electrons. The number of fused-ring (bicyclic) bond motifs is 1. The SMILES string of the molecule is COCc1ncc(F)c(Nc2n[nH]c3c2CN(C(=O)N2C[C@H](C)N(CC4CCOCC4)C[C@@H]2C)C3(C)C)n1. The van der Waals surface area contributed by atoms with Gasteiger partial charge in [0.2, 0.25) is 0 Å². The maximum Gasteiger partial charge on any atom is 0.321 e. The van der Waals surface area contributed by atoms with E-state index in [4.69, 9.17) is 9.47 Å². The van der Waals surface area contributed by atoms with Crippen LogP contribution in [0.1, 0.15) is 57.6 Å². The topological polar surface area (TPSA) is 112 Å². The molecule has 11 nitrogen and oxygen atoms in total. The molecule has 5 heterocycles. The van der Waals surface area contributed by atoms with E-state index in [1.807, 2.05) is 23.6 Å². The fourth-order valence-corrected chi connectivity index (χ4v) is 5.86. The van der Waals surface area contributed by atoms with E-state index in [2.05, 4.69) is 44.2 Å². The van der Waals surface area contributed by atoms with Crippen molar-refractivity contribution in [1.82, 2.24) is 34.9 Å². The highest BCUT2D eigenvalue weighted by molar-refractivity contribution is 5.78. The van der Waals surface area contributed by atoms with Crippen molar-refractivity contribution < 1.29 is 18.7 Å². The Hall–Kier alpha value is -2.83. The van der Waals surface area contributed by atoms with Gasteiger partial charge in [0.15, 0.2) is 23.3 Å². The Morgan fingerprint density at radius 1 is 1.24 bits per heavy atom. The van der Waals surface area contributed by atoms with E-state index >= 15 is 0 Å². The van der Waals surface area contributed by atoms with E-state index < -0.39 is 11.4 Å². The summed E-state index contributed by atoms with van der Waals surface area (Å²) in [6.07, 6.45) is 3.33. The highest BCUT2D eigenvalue weighted by atomic mass is 19.1. The van der Waals surface area contributed by atoms with Crippen LogP contribution in [0.3, 0.4) is 0 Å². The molecule has 3 aliphatic rings. The maximum absolute atomic E-state index is 14.5. The number of aromatic amines is 1. The standard InChI is InChI=1S/C26H39FN8O3/c1-16-12-34(17(2)11-33(16)13-18-6-8-38-9-7-18)25(36)35-14-19-22(26(35,3)4)31-32-23(19)30-24-20(27)10-28-21(29-24)15-37-5/h10,16-18H,6-9,11-15H2,1-5H3,(H2,28,29,30,31,32)/t16-,17-/m0/s1. The van der Waals surface area contributed by atoms with Crippen LogP contribution in [0.5, 0.6) is 0 Å². The second kappa shape index (κ2) is 10.7. The van der Waals surface area contributed by atoms with Crippen LogP contribution in [0.15, 0.2) is 6.20 Å². The number of piperazine rings is 1. The van der Waals surface area contributed by atoms with Gasteiger partial charge in [0, 0.05) is 57.6 Å². The molecule has 2 atom stereocenters. The molecule has 0 spiro atoms. The predicted octanol–water partition coefficient (Wildman–Crippen LogP) is 3.22. The van der Waals surface area contributed by atoms with Gasteiger partial charge in [-0.2, -0.15) is 5.10 Å². The molecule has 0 aromatic carbocycles. The Bertz CT molecular complexity index is 1150. The third kappa shape index (κ3) is 5.08. The third-order valence-electron chi connectivity index (χ3n) is 8.20. The van der Waals surface area contributed by atoms with Gasteiger partial charge >= 0.3 is 6.03 Å². The Morgan fingerprint density at radius 3 is 2.74 bits per heavy atom. The molecular formula is C26H39FN8O3. The molecule has 2 aromatic rings. The minimum atomic E-state index is -0.604. The first-order valence-electron chi connectivity index (χ1n) is 13.4. The molecule has 3 aliphatic heterocycles. The lowest BCUT2D eigenvalue weighted by atomic mass is 9.97. The fraction of sp³-hybridized carbons (Fsp3) is 0.692. The largest absolute Gasteiger partial charge is 0.381 e. The number of hydrogen-bond donors (Lipinski definition) is 2. The number of aromatic nitrogens is 4. The van der Waals surface area contributed by atoms with Crippen LogP contribution in [0.4, 0.5) is 20.8 Å². The zero-order valence-electron chi connectivity index (χ0n) is 23.0. The van der Waals surface area contributed by atoms with Crippen LogP contribution in [0.2, 0.25) is 0 Å². The number of methoxy groups -OCH3 is 1.